The molecule has 0 radical (unpaired) electrons. The number of benzene rings is 1. The Bertz CT molecular complexity index is 1260. The zero-order chi connectivity index (χ0) is 21.1. The van der Waals surface area contributed by atoms with E-state index in [0.29, 0.717) is 29.1 Å². The molecular formula is C23H23N3O3S. The minimum atomic E-state index is -0.256. The number of fused-ring (bicyclic) bond motifs is 3. The number of aryl methyl sites for hydroxylation is 1. The third kappa shape index (κ3) is 3.57. The van der Waals surface area contributed by atoms with Crippen LogP contribution in [0.15, 0.2) is 53.6 Å². The number of carbonyl (C=O) groups excluding carboxylic acids is 1. The van der Waals surface area contributed by atoms with Crippen LogP contribution in [-0.2, 0) is 13.1 Å². The SMILES string of the molecule is CCCCn1c(=O)c2c(OC)c(C(=O)NCc3ccncc3)sc2c2ccccc21. The average molecular weight is 422 g/mol. The Morgan fingerprint density at radius 1 is 1.20 bits per heavy atom. The smallest absolute Gasteiger partial charge is 0.265 e. The maximum Gasteiger partial charge on any atom is 0.265 e. The summed E-state index contributed by atoms with van der Waals surface area (Å²) in [4.78, 5) is 30.8. The lowest BCUT2D eigenvalue weighted by Gasteiger charge is -2.11. The minimum absolute atomic E-state index is 0.113. The van der Waals surface area contributed by atoms with Crippen LogP contribution in [-0.4, -0.2) is 22.6 Å². The number of hydrogen-bond donors (Lipinski definition) is 1. The van der Waals surface area contributed by atoms with E-state index in [9.17, 15) is 9.59 Å². The second kappa shape index (κ2) is 8.67. The van der Waals surface area contributed by atoms with Crippen molar-refractivity contribution in [1.82, 2.24) is 14.9 Å². The Kier molecular flexibility index (Phi) is 5.81. The van der Waals surface area contributed by atoms with Crippen LogP contribution in [0.25, 0.3) is 21.0 Å². The molecule has 0 saturated carbocycles. The summed E-state index contributed by atoms with van der Waals surface area (Å²) in [5, 5.41) is 4.36. The van der Waals surface area contributed by atoms with Gasteiger partial charge in [-0.1, -0.05) is 31.5 Å². The number of para-hydroxylation sites is 1. The molecular weight excluding hydrogens is 398 g/mol. The molecule has 0 fully saturated rings. The summed E-state index contributed by atoms with van der Waals surface area (Å²) in [6.45, 7) is 3.11. The summed E-state index contributed by atoms with van der Waals surface area (Å²) in [6, 6.07) is 11.5. The molecule has 0 aliphatic rings. The predicted octanol–water partition coefficient (Wildman–Crippen LogP) is 4.35. The van der Waals surface area contributed by atoms with Crippen molar-refractivity contribution in [2.45, 2.75) is 32.9 Å². The van der Waals surface area contributed by atoms with Gasteiger partial charge in [-0.25, -0.2) is 0 Å². The maximum absolute atomic E-state index is 13.4. The van der Waals surface area contributed by atoms with E-state index in [0.717, 1.165) is 34.0 Å². The van der Waals surface area contributed by atoms with Crippen LogP contribution < -0.4 is 15.6 Å². The molecule has 3 aromatic heterocycles. The number of methoxy groups -OCH3 is 1. The topological polar surface area (TPSA) is 73.2 Å². The van der Waals surface area contributed by atoms with Crippen molar-refractivity contribution in [3.8, 4) is 5.75 Å². The highest BCUT2D eigenvalue weighted by atomic mass is 32.1. The van der Waals surface area contributed by atoms with Crippen molar-refractivity contribution in [2.24, 2.45) is 0 Å². The molecule has 7 heteroatoms. The lowest BCUT2D eigenvalue weighted by molar-refractivity contribution is 0.0952. The van der Waals surface area contributed by atoms with E-state index >= 15 is 0 Å². The first-order valence-electron chi connectivity index (χ1n) is 9.94. The lowest BCUT2D eigenvalue weighted by Crippen LogP contribution is -2.23. The Morgan fingerprint density at radius 2 is 1.97 bits per heavy atom. The van der Waals surface area contributed by atoms with Gasteiger partial charge in [-0.2, -0.15) is 0 Å². The first kappa shape index (κ1) is 20.1. The number of hydrogen-bond acceptors (Lipinski definition) is 5. The molecule has 0 aliphatic carbocycles. The molecule has 3 heterocycles. The zero-order valence-electron chi connectivity index (χ0n) is 17.0. The fourth-order valence-corrected chi connectivity index (χ4v) is 4.80. The number of unbranched alkanes of at least 4 members (excludes halogenated alkanes) is 1. The number of aromatic nitrogens is 2. The first-order chi connectivity index (χ1) is 14.7. The van der Waals surface area contributed by atoms with Crippen molar-refractivity contribution in [3.05, 3.63) is 69.6 Å². The van der Waals surface area contributed by atoms with Gasteiger partial charge in [0.15, 0.2) is 5.75 Å². The number of ether oxygens (including phenoxy) is 1. The molecule has 0 spiro atoms. The van der Waals surface area contributed by atoms with E-state index in [-0.39, 0.29) is 11.5 Å². The van der Waals surface area contributed by atoms with Crippen molar-refractivity contribution in [3.63, 3.8) is 0 Å². The molecule has 154 valence electrons. The van der Waals surface area contributed by atoms with Gasteiger partial charge >= 0.3 is 0 Å². The molecule has 1 aromatic carbocycles. The molecule has 0 unspecified atom stereocenters. The number of pyridine rings is 2. The van der Waals surface area contributed by atoms with Crippen molar-refractivity contribution >= 4 is 38.2 Å². The molecule has 4 rings (SSSR count). The lowest BCUT2D eigenvalue weighted by atomic mass is 10.1. The normalized spacial score (nSPS) is 11.1. The highest BCUT2D eigenvalue weighted by Gasteiger charge is 2.24. The van der Waals surface area contributed by atoms with Crippen LogP contribution in [0.1, 0.15) is 35.0 Å². The number of nitrogens with one attached hydrogen (secondary N) is 1. The Labute approximate surface area is 178 Å². The van der Waals surface area contributed by atoms with Crippen LogP contribution >= 0.6 is 11.3 Å². The van der Waals surface area contributed by atoms with E-state index in [2.05, 4.69) is 17.2 Å². The van der Waals surface area contributed by atoms with Gasteiger partial charge in [0.1, 0.15) is 10.3 Å². The monoisotopic (exact) mass is 421 g/mol. The van der Waals surface area contributed by atoms with E-state index in [1.807, 2.05) is 36.4 Å². The number of nitrogens with zero attached hydrogens (tertiary/aromatic N) is 2. The van der Waals surface area contributed by atoms with E-state index in [1.54, 1.807) is 17.0 Å². The van der Waals surface area contributed by atoms with E-state index < -0.39 is 0 Å². The molecule has 1 N–H and O–H groups in total. The van der Waals surface area contributed by atoms with Crippen LogP contribution in [0.3, 0.4) is 0 Å². The fourth-order valence-electron chi connectivity index (χ4n) is 3.59. The molecule has 0 atom stereocenters. The first-order valence-corrected chi connectivity index (χ1v) is 10.8. The van der Waals surface area contributed by atoms with Gasteiger partial charge in [0.2, 0.25) is 0 Å². The van der Waals surface area contributed by atoms with Crippen molar-refractivity contribution in [2.75, 3.05) is 7.11 Å². The van der Waals surface area contributed by atoms with Gasteiger partial charge in [-0.15, -0.1) is 11.3 Å². The highest BCUT2D eigenvalue weighted by molar-refractivity contribution is 7.22. The standard InChI is InChI=1S/C23H23N3O3S/c1-3-4-13-26-17-8-6-5-7-16(17)20-18(23(26)28)19(29-2)21(30-20)22(27)25-14-15-9-11-24-12-10-15/h5-12H,3-4,13-14H2,1-2H3,(H,25,27). The molecule has 6 nitrogen and oxygen atoms in total. The maximum atomic E-state index is 13.4. The van der Waals surface area contributed by atoms with Gasteiger partial charge in [0.25, 0.3) is 11.5 Å². The van der Waals surface area contributed by atoms with Crippen LogP contribution in [0.5, 0.6) is 5.75 Å². The minimum Gasteiger partial charge on any atom is -0.494 e. The number of thiophene rings is 1. The van der Waals surface area contributed by atoms with Gasteiger partial charge in [-0.3, -0.25) is 14.6 Å². The predicted molar refractivity (Wildman–Crippen MR) is 120 cm³/mol. The number of amides is 1. The summed E-state index contributed by atoms with van der Waals surface area (Å²) in [7, 11) is 1.51. The summed E-state index contributed by atoms with van der Waals surface area (Å²) in [5.74, 6) is 0.0941. The summed E-state index contributed by atoms with van der Waals surface area (Å²) >= 11 is 1.31. The van der Waals surface area contributed by atoms with Crippen LogP contribution in [0.4, 0.5) is 0 Å². The third-order valence-corrected chi connectivity index (χ3v) is 6.31. The van der Waals surface area contributed by atoms with Gasteiger partial charge < -0.3 is 14.6 Å². The Balaban J connectivity index is 1.84. The molecule has 0 aliphatic heterocycles. The molecule has 30 heavy (non-hydrogen) atoms. The Morgan fingerprint density at radius 3 is 2.70 bits per heavy atom. The van der Waals surface area contributed by atoms with E-state index in [4.69, 9.17) is 4.74 Å². The molecule has 1 amide bonds. The molecule has 4 aromatic rings. The third-order valence-electron chi connectivity index (χ3n) is 5.11. The fraction of sp³-hybridized carbons (Fsp3) is 0.261. The number of carbonyl (C=O) groups is 1. The molecule has 0 saturated heterocycles. The highest BCUT2D eigenvalue weighted by Crippen LogP contribution is 2.39. The van der Waals surface area contributed by atoms with Gasteiger partial charge in [0, 0.05) is 30.9 Å². The zero-order valence-corrected chi connectivity index (χ0v) is 17.8. The van der Waals surface area contributed by atoms with Gasteiger partial charge in [0.05, 0.1) is 17.3 Å². The van der Waals surface area contributed by atoms with E-state index in [1.165, 1.54) is 18.4 Å². The molecule has 0 bridgehead atoms. The van der Waals surface area contributed by atoms with Crippen LogP contribution in [0, 0.1) is 0 Å². The van der Waals surface area contributed by atoms with Crippen LogP contribution in [0.2, 0.25) is 0 Å². The van der Waals surface area contributed by atoms with Gasteiger partial charge in [-0.05, 0) is 30.2 Å². The summed E-state index contributed by atoms with van der Waals surface area (Å²) in [6.07, 6.45) is 5.27. The summed E-state index contributed by atoms with van der Waals surface area (Å²) < 4.78 is 8.17. The number of rotatable bonds is 7. The van der Waals surface area contributed by atoms with Crippen molar-refractivity contribution < 1.29 is 9.53 Å². The Hall–Kier alpha value is -3.19. The quantitative estimate of drug-likeness (QED) is 0.481. The summed E-state index contributed by atoms with van der Waals surface area (Å²) in [5.41, 5.74) is 1.72. The second-order valence-electron chi connectivity index (χ2n) is 7.03. The average Bonchev–Trinajstić information content (AvgIpc) is 3.18. The van der Waals surface area contributed by atoms with Crippen molar-refractivity contribution in [1.29, 1.82) is 0 Å². The second-order valence-corrected chi connectivity index (χ2v) is 8.05. The largest absolute Gasteiger partial charge is 0.494 e.